The van der Waals surface area contributed by atoms with E-state index >= 15 is 0 Å². The Morgan fingerprint density at radius 2 is 2.00 bits per heavy atom. The van der Waals surface area contributed by atoms with E-state index in [0.717, 1.165) is 42.0 Å². The van der Waals surface area contributed by atoms with Gasteiger partial charge in [0.1, 0.15) is 0 Å². The van der Waals surface area contributed by atoms with E-state index in [1.807, 2.05) is 49.1 Å². The summed E-state index contributed by atoms with van der Waals surface area (Å²) in [5, 5.41) is 0.704. The summed E-state index contributed by atoms with van der Waals surface area (Å²) in [5.41, 5.74) is 9.58. The van der Waals surface area contributed by atoms with Crippen LogP contribution in [-0.4, -0.2) is 34.5 Å². The topological polar surface area (TPSA) is 51.3 Å². The van der Waals surface area contributed by atoms with Crippen molar-refractivity contribution in [1.82, 2.24) is 9.47 Å². The maximum absolute atomic E-state index is 12.9. The molecule has 23 heavy (non-hydrogen) atoms. The van der Waals surface area contributed by atoms with Gasteiger partial charge >= 0.3 is 0 Å². The normalized spacial score (nSPS) is 17.7. The number of carbonyl (C=O) groups excluding carboxylic acids is 1. The maximum atomic E-state index is 12.9. The number of hydrogen-bond acceptors (Lipinski definition) is 2. The standard InChI is InChI=1S/C18H22ClN3O/c1-12-10-17(18(23)21-9-3-4-16(21)11-20)13(2)22(12)15-7-5-14(19)6-8-15/h5-8,10,16H,3-4,9,11,20H2,1-2H3. The number of aryl methyl sites for hydroxylation is 1. The quantitative estimate of drug-likeness (QED) is 0.938. The van der Waals surface area contributed by atoms with Crippen molar-refractivity contribution in [3.63, 3.8) is 0 Å². The molecule has 2 N–H and O–H groups in total. The molecule has 2 heterocycles. The summed E-state index contributed by atoms with van der Waals surface area (Å²) >= 11 is 5.97. The second-order valence-corrected chi connectivity index (χ2v) is 6.56. The molecule has 122 valence electrons. The van der Waals surface area contributed by atoms with Gasteiger partial charge in [0, 0.05) is 41.2 Å². The van der Waals surface area contributed by atoms with Crippen molar-refractivity contribution in [2.24, 2.45) is 5.73 Å². The number of carbonyl (C=O) groups is 1. The van der Waals surface area contributed by atoms with Crippen LogP contribution < -0.4 is 5.73 Å². The Morgan fingerprint density at radius 1 is 1.30 bits per heavy atom. The molecule has 1 unspecified atom stereocenters. The highest BCUT2D eigenvalue weighted by Gasteiger charge is 2.30. The van der Waals surface area contributed by atoms with Crippen LogP contribution in [0.2, 0.25) is 5.02 Å². The third-order valence-corrected chi connectivity index (χ3v) is 4.91. The van der Waals surface area contributed by atoms with Crippen LogP contribution in [0.5, 0.6) is 0 Å². The van der Waals surface area contributed by atoms with E-state index in [4.69, 9.17) is 17.3 Å². The van der Waals surface area contributed by atoms with E-state index < -0.39 is 0 Å². The molecule has 0 aliphatic carbocycles. The molecule has 1 atom stereocenters. The molecule has 4 nitrogen and oxygen atoms in total. The molecule has 3 rings (SSSR count). The van der Waals surface area contributed by atoms with Gasteiger partial charge in [0.15, 0.2) is 0 Å². The summed E-state index contributed by atoms with van der Waals surface area (Å²) in [6, 6.07) is 9.80. The second-order valence-electron chi connectivity index (χ2n) is 6.13. The largest absolute Gasteiger partial charge is 0.334 e. The van der Waals surface area contributed by atoms with E-state index in [-0.39, 0.29) is 11.9 Å². The van der Waals surface area contributed by atoms with Crippen LogP contribution >= 0.6 is 11.6 Å². The zero-order valence-electron chi connectivity index (χ0n) is 13.6. The first kappa shape index (κ1) is 16.1. The highest BCUT2D eigenvalue weighted by Crippen LogP contribution is 2.26. The van der Waals surface area contributed by atoms with Crippen LogP contribution in [0.15, 0.2) is 30.3 Å². The average Bonchev–Trinajstić information content (AvgIpc) is 3.12. The fourth-order valence-corrected chi connectivity index (χ4v) is 3.60. The molecular weight excluding hydrogens is 310 g/mol. The number of benzene rings is 1. The molecule has 1 aromatic heterocycles. The van der Waals surface area contributed by atoms with Gasteiger partial charge in [-0.2, -0.15) is 0 Å². The summed E-state index contributed by atoms with van der Waals surface area (Å²) in [6.07, 6.45) is 2.03. The van der Waals surface area contributed by atoms with Crippen molar-refractivity contribution in [3.05, 3.63) is 52.3 Å². The second kappa shape index (κ2) is 6.38. The molecule has 1 aliphatic rings. The van der Waals surface area contributed by atoms with Crippen molar-refractivity contribution in [2.45, 2.75) is 32.7 Å². The number of rotatable bonds is 3. The van der Waals surface area contributed by atoms with Gasteiger partial charge in [-0.1, -0.05) is 11.6 Å². The molecule has 2 aromatic rings. The molecule has 1 amide bonds. The number of likely N-dealkylation sites (tertiary alicyclic amines) is 1. The van der Waals surface area contributed by atoms with E-state index in [1.54, 1.807) is 0 Å². The molecule has 1 aliphatic heterocycles. The lowest BCUT2D eigenvalue weighted by Gasteiger charge is -2.23. The summed E-state index contributed by atoms with van der Waals surface area (Å²) in [4.78, 5) is 14.8. The minimum Gasteiger partial charge on any atom is -0.334 e. The van der Waals surface area contributed by atoms with Gasteiger partial charge in [0.25, 0.3) is 5.91 Å². The Bertz CT molecular complexity index is 721. The predicted octanol–water partition coefficient (Wildman–Crippen LogP) is 3.31. The fraction of sp³-hybridized carbons (Fsp3) is 0.389. The van der Waals surface area contributed by atoms with Crippen LogP contribution in [0.25, 0.3) is 5.69 Å². The Balaban J connectivity index is 1.97. The smallest absolute Gasteiger partial charge is 0.255 e. The van der Waals surface area contributed by atoms with Gasteiger partial charge in [-0.3, -0.25) is 4.79 Å². The van der Waals surface area contributed by atoms with Crippen LogP contribution in [-0.2, 0) is 0 Å². The summed E-state index contributed by atoms with van der Waals surface area (Å²) < 4.78 is 2.09. The molecular formula is C18H22ClN3O. The van der Waals surface area contributed by atoms with Gasteiger partial charge in [-0.15, -0.1) is 0 Å². The zero-order valence-corrected chi connectivity index (χ0v) is 14.3. The third-order valence-electron chi connectivity index (χ3n) is 4.66. The molecule has 0 spiro atoms. The average molecular weight is 332 g/mol. The van der Waals surface area contributed by atoms with E-state index in [1.165, 1.54) is 0 Å². The van der Waals surface area contributed by atoms with Crippen molar-refractivity contribution >= 4 is 17.5 Å². The van der Waals surface area contributed by atoms with Gasteiger partial charge < -0.3 is 15.2 Å². The molecule has 1 saturated heterocycles. The summed E-state index contributed by atoms with van der Waals surface area (Å²) in [7, 11) is 0. The Hall–Kier alpha value is -1.78. The van der Waals surface area contributed by atoms with Gasteiger partial charge in [-0.25, -0.2) is 0 Å². The first-order chi connectivity index (χ1) is 11.0. The minimum absolute atomic E-state index is 0.0891. The lowest BCUT2D eigenvalue weighted by molar-refractivity contribution is 0.0740. The van der Waals surface area contributed by atoms with Crippen molar-refractivity contribution in [2.75, 3.05) is 13.1 Å². The molecule has 0 radical (unpaired) electrons. The predicted molar refractivity (Wildman–Crippen MR) is 93.4 cm³/mol. The maximum Gasteiger partial charge on any atom is 0.255 e. The van der Waals surface area contributed by atoms with Crippen molar-refractivity contribution in [1.29, 1.82) is 0 Å². The molecule has 0 saturated carbocycles. The highest BCUT2D eigenvalue weighted by molar-refractivity contribution is 6.30. The van der Waals surface area contributed by atoms with Gasteiger partial charge in [-0.05, 0) is 57.0 Å². The van der Waals surface area contributed by atoms with E-state index in [0.29, 0.717) is 11.6 Å². The number of aromatic nitrogens is 1. The number of amides is 1. The van der Waals surface area contributed by atoms with Gasteiger partial charge in [0.05, 0.1) is 5.56 Å². The van der Waals surface area contributed by atoms with Crippen LogP contribution in [0.3, 0.4) is 0 Å². The summed E-state index contributed by atoms with van der Waals surface area (Å²) in [5.74, 6) is 0.0891. The van der Waals surface area contributed by atoms with Crippen LogP contribution in [0.1, 0.15) is 34.6 Å². The first-order valence-electron chi connectivity index (χ1n) is 7.99. The Kier molecular flexibility index (Phi) is 4.46. The van der Waals surface area contributed by atoms with Crippen molar-refractivity contribution < 1.29 is 4.79 Å². The van der Waals surface area contributed by atoms with Crippen LogP contribution in [0.4, 0.5) is 0 Å². The Labute approximate surface area is 141 Å². The number of nitrogens with zero attached hydrogens (tertiary/aromatic N) is 2. The Morgan fingerprint density at radius 3 is 2.65 bits per heavy atom. The fourth-order valence-electron chi connectivity index (χ4n) is 3.47. The minimum atomic E-state index is 0.0891. The molecule has 0 bridgehead atoms. The third kappa shape index (κ3) is 2.89. The van der Waals surface area contributed by atoms with E-state index in [9.17, 15) is 4.79 Å². The lowest BCUT2D eigenvalue weighted by atomic mass is 10.2. The number of halogens is 1. The number of hydrogen-bond donors (Lipinski definition) is 1. The SMILES string of the molecule is Cc1cc(C(=O)N2CCCC2CN)c(C)n1-c1ccc(Cl)cc1. The molecule has 1 aromatic carbocycles. The monoisotopic (exact) mass is 331 g/mol. The van der Waals surface area contributed by atoms with Crippen molar-refractivity contribution in [3.8, 4) is 5.69 Å². The highest BCUT2D eigenvalue weighted by atomic mass is 35.5. The molecule has 1 fully saturated rings. The van der Waals surface area contributed by atoms with E-state index in [2.05, 4.69) is 4.57 Å². The zero-order chi connectivity index (χ0) is 16.6. The molecule has 5 heteroatoms. The van der Waals surface area contributed by atoms with Crippen LogP contribution in [0, 0.1) is 13.8 Å². The van der Waals surface area contributed by atoms with Gasteiger partial charge in [0.2, 0.25) is 0 Å². The first-order valence-corrected chi connectivity index (χ1v) is 8.36. The summed E-state index contributed by atoms with van der Waals surface area (Å²) in [6.45, 7) is 5.33. The lowest BCUT2D eigenvalue weighted by Crippen LogP contribution is -2.40. The number of nitrogens with two attached hydrogens (primary N) is 1.